The first-order valence-electron chi connectivity index (χ1n) is 6.98. The van der Waals surface area contributed by atoms with Gasteiger partial charge in [-0.3, -0.25) is 10.1 Å². The zero-order valence-corrected chi connectivity index (χ0v) is 12.7. The van der Waals surface area contributed by atoms with Gasteiger partial charge < -0.3 is 9.64 Å². The van der Waals surface area contributed by atoms with Crippen LogP contribution in [0.3, 0.4) is 0 Å². The highest BCUT2D eigenvalue weighted by molar-refractivity contribution is 7.99. The number of hydrogen-bond acceptors (Lipinski definition) is 4. The van der Waals surface area contributed by atoms with Crippen molar-refractivity contribution in [3.8, 4) is 5.75 Å². The molecule has 3 rings (SSSR count). The average molecular weight is 292 g/mol. The Bertz CT molecular complexity index is 515. The SMILES string of the molecule is COc1ccc2c(c1)N(C(=O)C1CSCN1)CC(C)C2. The summed E-state index contributed by atoms with van der Waals surface area (Å²) in [7, 11) is 1.66. The second-order valence-electron chi connectivity index (χ2n) is 5.52. The number of hydrogen-bond donors (Lipinski definition) is 1. The molecule has 1 N–H and O–H groups in total. The van der Waals surface area contributed by atoms with E-state index in [1.807, 2.05) is 17.0 Å². The van der Waals surface area contributed by atoms with Gasteiger partial charge >= 0.3 is 0 Å². The highest BCUT2D eigenvalue weighted by Crippen LogP contribution is 2.33. The Morgan fingerprint density at radius 2 is 2.35 bits per heavy atom. The number of ether oxygens (including phenoxy) is 1. The molecule has 20 heavy (non-hydrogen) atoms. The molecular weight excluding hydrogens is 272 g/mol. The smallest absolute Gasteiger partial charge is 0.245 e. The van der Waals surface area contributed by atoms with Crippen LogP contribution in [0.5, 0.6) is 5.75 Å². The quantitative estimate of drug-likeness (QED) is 0.904. The Labute approximate surface area is 123 Å². The van der Waals surface area contributed by atoms with E-state index in [1.54, 1.807) is 18.9 Å². The summed E-state index contributed by atoms with van der Waals surface area (Å²) in [6, 6.07) is 6.00. The van der Waals surface area contributed by atoms with Crippen molar-refractivity contribution in [2.24, 2.45) is 5.92 Å². The number of methoxy groups -OCH3 is 1. The third-order valence-corrected chi connectivity index (χ3v) is 4.87. The number of nitrogens with one attached hydrogen (secondary N) is 1. The van der Waals surface area contributed by atoms with Gasteiger partial charge in [-0.15, -0.1) is 11.8 Å². The molecule has 0 spiro atoms. The number of benzene rings is 1. The predicted octanol–water partition coefficient (Wildman–Crippen LogP) is 1.88. The van der Waals surface area contributed by atoms with Crippen LogP contribution in [0.4, 0.5) is 5.69 Å². The number of amides is 1. The Morgan fingerprint density at radius 3 is 3.05 bits per heavy atom. The van der Waals surface area contributed by atoms with Gasteiger partial charge in [-0.2, -0.15) is 0 Å². The summed E-state index contributed by atoms with van der Waals surface area (Å²) >= 11 is 1.78. The summed E-state index contributed by atoms with van der Waals surface area (Å²) in [4.78, 5) is 14.7. The maximum Gasteiger partial charge on any atom is 0.245 e. The summed E-state index contributed by atoms with van der Waals surface area (Å²) in [6.45, 7) is 2.99. The molecule has 4 nitrogen and oxygen atoms in total. The number of thioether (sulfide) groups is 1. The van der Waals surface area contributed by atoms with Crippen molar-refractivity contribution in [3.05, 3.63) is 23.8 Å². The van der Waals surface area contributed by atoms with Gasteiger partial charge in [-0.1, -0.05) is 13.0 Å². The molecule has 108 valence electrons. The fraction of sp³-hybridized carbons (Fsp3) is 0.533. The molecule has 0 aromatic heterocycles. The maximum absolute atomic E-state index is 12.7. The minimum absolute atomic E-state index is 0.0515. The fourth-order valence-electron chi connectivity index (χ4n) is 2.90. The number of nitrogens with zero attached hydrogens (tertiary/aromatic N) is 1. The van der Waals surface area contributed by atoms with Crippen molar-refractivity contribution >= 4 is 23.4 Å². The molecule has 2 aliphatic heterocycles. The topological polar surface area (TPSA) is 41.6 Å². The van der Waals surface area contributed by atoms with E-state index in [1.165, 1.54) is 5.56 Å². The minimum Gasteiger partial charge on any atom is -0.497 e. The van der Waals surface area contributed by atoms with Crippen molar-refractivity contribution in [1.29, 1.82) is 0 Å². The molecule has 1 fully saturated rings. The van der Waals surface area contributed by atoms with Crippen molar-refractivity contribution in [2.75, 3.05) is 30.2 Å². The van der Waals surface area contributed by atoms with Crippen LogP contribution < -0.4 is 15.0 Å². The number of rotatable bonds is 2. The van der Waals surface area contributed by atoms with Crippen LogP contribution in [0.25, 0.3) is 0 Å². The molecule has 5 heteroatoms. The lowest BCUT2D eigenvalue weighted by atomic mass is 9.93. The van der Waals surface area contributed by atoms with Crippen molar-refractivity contribution < 1.29 is 9.53 Å². The van der Waals surface area contributed by atoms with Gasteiger partial charge in [0.1, 0.15) is 5.75 Å². The van der Waals surface area contributed by atoms with Crippen LogP contribution in [-0.4, -0.2) is 37.2 Å². The largest absolute Gasteiger partial charge is 0.497 e. The van der Waals surface area contributed by atoms with E-state index in [0.717, 1.165) is 36.0 Å². The zero-order valence-electron chi connectivity index (χ0n) is 11.9. The third kappa shape index (κ3) is 2.52. The molecule has 2 unspecified atom stereocenters. The van der Waals surface area contributed by atoms with Gasteiger partial charge in [0.05, 0.1) is 18.8 Å². The maximum atomic E-state index is 12.7. The van der Waals surface area contributed by atoms with Gasteiger partial charge in [0.2, 0.25) is 5.91 Å². The van der Waals surface area contributed by atoms with Gasteiger partial charge in [0, 0.05) is 24.2 Å². The number of fused-ring (bicyclic) bond motifs is 1. The Balaban J connectivity index is 1.93. The fourth-order valence-corrected chi connectivity index (χ4v) is 3.83. The van der Waals surface area contributed by atoms with Crippen LogP contribution in [0, 0.1) is 5.92 Å². The van der Waals surface area contributed by atoms with Crippen LogP contribution >= 0.6 is 11.8 Å². The number of carbonyl (C=O) groups excluding carboxylic acids is 1. The van der Waals surface area contributed by atoms with E-state index >= 15 is 0 Å². The van der Waals surface area contributed by atoms with E-state index in [0.29, 0.717) is 5.92 Å². The molecule has 0 aliphatic carbocycles. The standard InChI is InChI=1S/C15H20N2O2S/c1-10-5-11-3-4-12(19-2)6-14(11)17(7-10)15(18)13-8-20-9-16-13/h3-4,6,10,13,16H,5,7-9H2,1-2H3. The van der Waals surface area contributed by atoms with Crippen molar-refractivity contribution in [3.63, 3.8) is 0 Å². The minimum atomic E-state index is -0.0515. The molecule has 0 bridgehead atoms. The van der Waals surface area contributed by atoms with Gasteiger partial charge in [-0.25, -0.2) is 0 Å². The molecule has 1 aromatic carbocycles. The first-order chi connectivity index (χ1) is 9.69. The third-order valence-electron chi connectivity index (χ3n) is 3.93. The van der Waals surface area contributed by atoms with E-state index in [4.69, 9.17) is 4.74 Å². The lowest BCUT2D eigenvalue weighted by Crippen LogP contribution is -2.48. The van der Waals surface area contributed by atoms with Gasteiger partial charge in [0.25, 0.3) is 0 Å². The highest BCUT2D eigenvalue weighted by atomic mass is 32.2. The molecule has 1 amide bonds. The summed E-state index contributed by atoms with van der Waals surface area (Å²) < 4.78 is 5.30. The summed E-state index contributed by atoms with van der Waals surface area (Å²) in [5.41, 5.74) is 2.26. The molecule has 1 aromatic rings. The number of carbonyl (C=O) groups is 1. The summed E-state index contributed by atoms with van der Waals surface area (Å²) in [5.74, 6) is 3.23. The molecule has 2 atom stereocenters. The molecule has 2 heterocycles. The van der Waals surface area contributed by atoms with Crippen molar-refractivity contribution in [2.45, 2.75) is 19.4 Å². The second kappa shape index (κ2) is 5.66. The molecule has 2 aliphatic rings. The summed E-state index contributed by atoms with van der Waals surface area (Å²) in [6.07, 6.45) is 1.02. The normalized spacial score (nSPS) is 25.4. The number of anilines is 1. The van der Waals surface area contributed by atoms with E-state index in [-0.39, 0.29) is 11.9 Å². The Kier molecular flexibility index (Phi) is 3.89. The van der Waals surface area contributed by atoms with E-state index in [2.05, 4.69) is 18.3 Å². The van der Waals surface area contributed by atoms with Crippen LogP contribution in [0.2, 0.25) is 0 Å². The highest BCUT2D eigenvalue weighted by Gasteiger charge is 2.32. The molecule has 0 radical (unpaired) electrons. The van der Waals surface area contributed by atoms with Crippen molar-refractivity contribution in [1.82, 2.24) is 5.32 Å². The first kappa shape index (κ1) is 13.8. The molecule has 0 saturated carbocycles. The molecular formula is C15H20N2O2S. The second-order valence-corrected chi connectivity index (χ2v) is 6.55. The summed E-state index contributed by atoms with van der Waals surface area (Å²) in [5, 5.41) is 3.27. The lowest BCUT2D eigenvalue weighted by molar-refractivity contribution is -0.120. The molecule has 1 saturated heterocycles. The first-order valence-corrected chi connectivity index (χ1v) is 8.14. The van der Waals surface area contributed by atoms with Crippen LogP contribution in [0.1, 0.15) is 12.5 Å². The predicted molar refractivity (Wildman–Crippen MR) is 82.5 cm³/mol. The Hall–Kier alpha value is -1.20. The van der Waals surface area contributed by atoms with E-state index < -0.39 is 0 Å². The Morgan fingerprint density at radius 1 is 1.50 bits per heavy atom. The van der Waals surface area contributed by atoms with Crippen LogP contribution in [0.15, 0.2) is 18.2 Å². The van der Waals surface area contributed by atoms with Gasteiger partial charge in [0.15, 0.2) is 0 Å². The lowest BCUT2D eigenvalue weighted by Gasteiger charge is -2.34. The monoisotopic (exact) mass is 292 g/mol. The zero-order chi connectivity index (χ0) is 14.1. The van der Waals surface area contributed by atoms with Gasteiger partial charge in [-0.05, 0) is 24.0 Å². The van der Waals surface area contributed by atoms with Crippen LogP contribution in [-0.2, 0) is 11.2 Å². The van der Waals surface area contributed by atoms with E-state index in [9.17, 15) is 4.79 Å². The average Bonchev–Trinajstić information content (AvgIpc) is 2.99.